The molecule has 0 aliphatic carbocycles. The number of anilines is 1. The van der Waals surface area contributed by atoms with Gasteiger partial charge in [0.1, 0.15) is 5.75 Å². The van der Waals surface area contributed by atoms with Crippen LogP contribution in [0.3, 0.4) is 0 Å². The third-order valence-electron chi connectivity index (χ3n) is 4.98. The number of piperidine rings is 1. The highest BCUT2D eigenvalue weighted by Crippen LogP contribution is 2.24. The Morgan fingerprint density at radius 3 is 2.41 bits per heavy atom. The zero-order valence-corrected chi connectivity index (χ0v) is 16.5. The maximum Gasteiger partial charge on any atom is 0.573 e. The van der Waals surface area contributed by atoms with Crippen LogP contribution >= 0.6 is 0 Å². The van der Waals surface area contributed by atoms with Gasteiger partial charge in [0.05, 0.1) is 12.2 Å². The Bertz CT molecular complexity index is 825. The molecule has 0 atom stereocenters. The number of alkyl halides is 3. The summed E-state index contributed by atoms with van der Waals surface area (Å²) in [6, 6.07) is 7.20. The highest BCUT2D eigenvalue weighted by Gasteiger charge is 2.31. The van der Waals surface area contributed by atoms with E-state index in [1.54, 1.807) is 0 Å². The molecule has 1 amide bonds. The van der Waals surface area contributed by atoms with Gasteiger partial charge < -0.3 is 10.1 Å². The zero-order chi connectivity index (χ0) is 21.0. The molecule has 9 heteroatoms. The number of nitrogens with one attached hydrogen (secondary N) is 1. The highest BCUT2D eigenvalue weighted by molar-refractivity contribution is 5.92. The summed E-state index contributed by atoms with van der Waals surface area (Å²) < 4.78 is 42.4. The van der Waals surface area contributed by atoms with Gasteiger partial charge in [0.2, 0.25) is 5.91 Å². The summed E-state index contributed by atoms with van der Waals surface area (Å²) in [6.07, 6.45) is -2.74. The average molecular weight is 410 g/mol. The van der Waals surface area contributed by atoms with Crippen molar-refractivity contribution in [3.8, 4) is 5.75 Å². The van der Waals surface area contributed by atoms with E-state index in [-0.39, 0.29) is 18.2 Å². The molecule has 6 nitrogen and oxygen atoms in total. The Labute approximate surface area is 167 Å². The van der Waals surface area contributed by atoms with E-state index in [1.807, 2.05) is 6.92 Å². The van der Waals surface area contributed by atoms with E-state index in [0.717, 1.165) is 43.9 Å². The van der Waals surface area contributed by atoms with E-state index in [0.29, 0.717) is 11.6 Å². The van der Waals surface area contributed by atoms with Crippen molar-refractivity contribution in [2.45, 2.75) is 39.6 Å². The number of aryl methyl sites for hydroxylation is 2. The molecule has 0 saturated carbocycles. The van der Waals surface area contributed by atoms with Gasteiger partial charge in [-0.2, -0.15) is 5.10 Å². The molecule has 1 aromatic heterocycles. The minimum atomic E-state index is -4.73. The number of carbonyl (C=O) groups is 1. The Kier molecular flexibility index (Phi) is 6.46. The van der Waals surface area contributed by atoms with Crippen LogP contribution in [0.4, 0.5) is 18.9 Å². The predicted octanol–water partition coefficient (Wildman–Crippen LogP) is 3.75. The number of aromatic nitrogens is 2. The van der Waals surface area contributed by atoms with Crippen molar-refractivity contribution in [3.05, 3.63) is 41.7 Å². The highest BCUT2D eigenvalue weighted by atomic mass is 19.4. The van der Waals surface area contributed by atoms with Crippen LogP contribution in [0.15, 0.2) is 30.3 Å². The second kappa shape index (κ2) is 8.86. The van der Waals surface area contributed by atoms with Crippen molar-refractivity contribution >= 4 is 11.6 Å². The molecular formula is C20H25F3N4O2. The lowest BCUT2D eigenvalue weighted by atomic mass is 9.97. The van der Waals surface area contributed by atoms with Crippen LogP contribution in [0, 0.1) is 19.8 Å². The van der Waals surface area contributed by atoms with E-state index >= 15 is 0 Å². The van der Waals surface area contributed by atoms with Crippen molar-refractivity contribution in [2.75, 3.05) is 25.0 Å². The number of hydrogen-bond donors (Lipinski definition) is 1. The summed E-state index contributed by atoms with van der Waals surface area (Å²) in [5.74, 6) is 0.0279. The minimum absolute atomic E-state index is 0.188. The van der Waals surface area contributed by atoms with Gasteiger partial charge in [0.15, 0.2) is 0 Å². The molecule has 1 aliphatic rings. The molecule has 0 unspecified atom stereocenters. The van der Waals surface area contributed by atoms with Crippen LogP contribution in [-0.2, 0) is 11.3 Å². The van der Waals surface area contributed by atoms with Gasteiger partial charge in [-0.3, -0.25) is 14.4 Å². The van der Waals surface area contributed by atoms with E-state index in [4.69, 9.17) is 0 Å². The third-order valence-corrected chi connectivity index (χ3v) is 4.98. The van der Waals surface area contributed by atoms with Crippen LogP contribution in [0.25, 0.3) is 0 Å². The summed E-state index contributed by atoms with van der Waals surface area (Å²) in [7, 11) is 0. The van der Waals surface area contributed by atoms with Gasteiger partial charge in [-0.15, -0.1) is 13.2 Å². The fourth-order valence-electron chi connectivity index (χ4n) is 3.58. The Morgan fingerprint density at radius 1 is 1.21 bits per heavy atom. The Balaban J connectivity index is 1.42. The molecule has 29 heavy (non-hydrogen) atoms. The molecule has 3 rings (SSSR count). The molecule has 2 heterocycles. The molecule has 158 valence electrons. The average Bonchev–Trinajstić information content (AvgIpc) is 2.94. The number of likely N-dealkylation sites (tertiary alicyclic amines) is 1. The number of ether oxygens (including phenoxy) is 1. The van der Waals surface area contributed by atoms with Crippen LogP contribution in [0.1, 0.15) is 24.2 Å². The number of halogens is 3. The lowest BCUT2D eigenvalue weighted by Crippen LogP contribution is -2.40. The van der Waals surface area contributed by atoms with E-state index in [9.17, 15) is 18.0 Å². The first-order chi connectivity index (χ1) is 13.7. The molecule has 1 aliphatic heterocycles. The van der Waals surface area contributed by atoms with Crippen LogP contribution in [0.2, 0.25) is 0 Å². The van der Waals surface area contributed by atoms with E-state index in [1.165, 1.54) is 24.3 Å². The van der Waals surface area contributed by atoms with Crippen molar-refractivity contribution in [1.29, 1.82) is 0 Å². The van der Waals surface area contributed by atoms with Gasteiger partial charge >= 0.3 is 6.36 Å². The van der Waals surface area contributed by atoms with Gasteiger partial charge in [0.25, 0.3) is 0 Å². The van der Waals surface area contributed by atoms with Crippen LogP contribution in [-0.4, -0.2) is 46.6 Å². The molecule has 0 spiro atoms. The van der Waals surface area contributed by atoms with Crippen molar-refractivity contribution in [3.63, 3.8) is 0 Å². The molecule has 1 fully saturated rings. The number of nitrogens with zero attached hydrogens (tertiary/aromatic N) is 3. The second-order valence-corrected chi connectivity index (χ2v) is 7.45. The summed E-state index contributed by atoms with van der Waals surface area (Å²) in [5, 5.41) is 7.22. The first-order valence-electron chi connectivity index (χ1n) is 9.57. The number of amides is 1. The first kappa shape index (κ1) is 21.2. The molecule has 1 saturated heterocycles. The molecule has 1 N–H and O–H groups in total. The van der Waals surface area contributed by atoms with Gasteiger partial charge in [-0.25, -0.2) is 0 Å². The van der Waals surface area contributed by atoms with Gasteiger partial charge in [-0.05, 0) is 76.0 Å². The topological polar surface area (TPSA) is 59.4 Å². The van der Waals surface area contributed by atoms with Crippen LogP contribution < -0.4 is 10.1 Å². The number of carbonyl (C=O) groups excluding carboxylic acids is 1. The fourth-order valence-corrected chi connectivity index (χ4v) is 3.58. The van der Waals surface area contributed by atoms with E-state index < -0.39 is 6.36 Å². The van der Waals surface area contributed by atoms with Crippen molar-refractivity contribution in [1.82, 2.24) is 14.7 Å². The first-order valence-corrected chi connectivity index (χ1v) is 9.57. The SMILES string of the molecule is Cc1cc(C)n(CC2CCN(CC(=O)Nc3ccc(OC(F)(F)F)cc3)CC2)n1. The molecule has 0 bridgehead atoms. The molecule has 1 aromatic carbocycles. The predicted molar refractivity (Wildman–Crippen MR) is 103 cm³/mol. The summed E-state index contributed by atoms with van der Waals surface area (Å²) in [6.45, 7) is 6.85. The standard InChI is InChI=1S/C20H25F3N4O2/c1-14-11-15(2)27(25-14)12-16-7-9-26(10-8-16)13-19(28)24-17-3-5-18(6-4-17)29-20(21,22)23/h3-6,11,16H,7-10,12-13H2,1-2H3,(H,24,28). The Hall–Kier alpha value is -2.55. The maximum absolute atomic E-state index is 12.2. The fraction of sp³-hybridized carbons (Fsp3) is 0.500. The largest absolute Gasteiger partial charge is 0.573 e. The van der Waals surface area contributed by atoms with Crippen molar-refractivity contribution in [2.24, 2.45) is 5.92 Å². The summed E-state index contributed by atoms with van der Waals surface area (Å²) in [5.41, 5.74) is 2.62. The third kappa shape index (κ3) is 6.49. The normalized spacial score (nSPS) is 16.0. The molecule has 2 aromatic rings. The molecule has 0 radical (unpaired) electrons. The van der Waals surface area contributed by atoms with Crippen molar-refractivity contribution < 1.29 is 22.7 Å². The minimum Gasteiger partial charge on any atom is -0.406 e. The zero-order valence-electron chi connectivity index (χ0n) is 16.5. The number of benzene rings is 1. The maximum atomic E-state index is 12.2. The Morgan fingerprint density at radius 2 is 1.86 bits per heavy atom. The lowest BCUT2D eigenvalue weighted by Gasteiger charge is -2.31. The van der Waals surface area contributed by atoms with Gasteiger partial charge in [0, 0.05) is 17.9 Å². The summed E-state index contributed by atoms with van der Waals surface area (Å²) >= 11 is 0. The van der Waals surface area contributed by atoms with Crippen LogP contribution in [0.5, 0.6) is 5.75 Å². The molecular weight excluding hydrogens is 385 g/mol. The van der Waals surface area contributed by atoms with E-state index in [2.05, 4.69) is 37.7 Å². The summed E-state index contributed by atoms with van der Waals surface area (Å²) in [4.78, 5) is 14.3. The lowest BCUT2D eigenvalue weighted by molar-refractivity contribution is -0.274. The van der Waals surface area contributed by atoms with Gasteiger partial charge in [-0.1, -0.05) is 0 Å². The monoisotopic (exact) mass is 410 g/mol. The number of rotatable bonds is 6. The smallest absolute Gasteiger partial charge is 0.406 e. The quantitative estimate of drug-likeness (QED) is 0.788. The second-order valence-electron chi connectivity index (χ2n) is 7.45. The number of hydrogen-bond acceptors (Lipinski definition) is 4.